The molecule has 2 aromatic heterocycles. The first-order valence-electron chi connectivity index (χ1n) is 20.3. The number of methoxy groups -OCH3 is 1. The summed E-state index contributed by atoms with van der Waals surface area (Å²) in [5, 5.41) is 8.78. The number of anilines is 1. The summed E-state index contributed by atoms with van der Waals surface area (Å²) in [6.07, 6.45) is 2.66. The van der Waals surface area contributed by atoms with Gasteiger partial charge in [0.25, 0.3) is 0 Å². The first-order valence-corrected chi connectivity index (χ1v) is 20.3. The predicted octanol–water partition coefficient (Wildman–Crippen LogP) is 8.02. The van der Waals surface area contributed by atoms with Crippen molar-refractivity contribution in [1.29, 1.82) is 0 Å². The van der Waals surface area contributed by atoms with Crippen LogP contribution < -0.4 is 14.4 Å². The Balaban J connectivity index is 1.19. The summed E-state index contributed by atoms with van der Waals surface area (Å²) in [4.78, 5) is 29.2. The van der Waals surface area contributed by atoms with Gasteiger partial charge >= 0.3 is 18.3 Å². The van der Waals surface area contributed by atoms with Crippen molar-refractivity contribution in [2.24, 2.45) is 5.41 Å². The molecule has 4 aliphatic rings. The van der Waals surface area contributed by atoms with Gasteiger partial charge in [0, 0.05) is 81.3 Å². The Hall–Kier alpha value is -4.37. The van der Waals surface area contributed by atoms with E-state index in [1.54, 1.807) is 18.2 Å². The first-order chi connectivity index (χ1) is 27.2. The van der Waals surface area contributed by atoms with Gasteiger partial charge in [-0.2, -0.15) is 28.2 Å². The smallest absolute Gasteiger partial charge is 0.422 e. The topological polar surface area (TPSA) is 118 Å². The van der Waals surface area contributed by atoms with Crippen LogP contribution in [0.15, 0.2) is 24.4 Å². The third-order valence-electron chi connectivity index (χ3n) is 11.9. The number of aromatic nitrogens is 4. The molecule has 0 unspecified atom stereocenters. The van der Waals surface area contributed by atoms with Gasteiger partial charge in [-0.05, 0) is 107 Å². The van der Waals surface area contributed by atoms with Crippen LogP contribution >= 0.6 is 0 Å². The molecule has 5 heterocycles. The fourth-order valence-corrected chi connectivity index (χ4v) is 8.80. The number of hydrogen-bond donors (Lipinski definition) is 1. The summed E-state index contributed by atoms with van der Waals surface area (Å²) in [7, 11) is 1.71. The number of hydrogen-bond acceptors (Lipinski definition) is 10. The number of rotatable bonds is 11. The second-order valence-electron chi connectivity index (χ2n) is 17.5. The van der Waals surface area contributed by atoms with Gasteiger partial charge in [0.2, 0.25) is 0 Å². The SMILES string of the molecule is COCCCN1CCC(Oc2nc(N3CCC4(CC3)CN(C(=O)OC(C)(C)C)C4)c3cc(C4CC4)c(-c4c(C)ccc5[nH]ncc45)c(OCC(F)(F)F)c3n2)CC1. The number of carbonyl (C=O) groups is 1. The molecule has 12 nitrogen and oxygen atoms in total. The van der Waals surface area contributed by atoms with Gasteiger partial charge in [-0.15, -0.1) is 0 Å². The molecule has 0 bridgehead atoms. The standard InChI is InChI=1S/C42H54F3N7O5/c1-26-7-10-32-31(22-46-49-32)33(26)34-29(27-8-9-27)21-30-35(36(34)55-25-42(43,44)45)47-38(56-28-11-16-50(17-12-28)15-6-20-54-5)48-37(30)51-18-13-41(14-19-51)23-52(24-41)39(53)57-40(2,3)4/h7,10,21-22,27-28H,6,8-9,11-20,23-25H2,1-5H3,(H,46,49). The van der Waals surface area contributed by atoms with Gasteiger partial charge in [-0.1, -0.05) is 6.07 Å². The highest BCUT2D eigenvalue weighted by atomic mass is 19.4. The monoisotopic (exact) mass is 793 g/mol. The molecule has 3 saturated heterocycles. The van der Waals surface area contributed by atoms with E-state index in [9.17, 15) is 18.0 Å². The number of halogens is 3. The van der Waals surface area contributed by atoms with Crippen molar-refractivity contribution >= 4 is 33.7 Å². The Morgan fingerprint density at radius 2 is 1.72 bits per heavy atom. The molecule has 1 saturated carbocycles. The molecule has 1 aliphatic carbocycles. The zero-order valence-corrected chi connectivity index (χ0v) is 33.6. The number of alkyl halides is 3. The fraction of sp³-hybridized carbons (Fsp3) is 0.619. The van der Waals surface area contributed by atoms with E-state index in [0.717, 1.165) is 92.2 Å². The van der Waals surface area contributed by atoms with Gasteiger partial charge in [-0.3, -0.25) is 5.10 Å². The van der Waals surface area contributed by atoms with Crippen LogP contribution in [0.4, 0.5) is 23.8 Å². The molecule has 1 spiro atoms. The Labute approximate surface area is 331 Å². The minimum atomic E-state index is -4.58. The number of nitrogens with zero attached hydrogens (tertiary/aromatic N) is 6. The lowest BCUT2D eigenvalue weighted by Gasteiger charge is -2.53. The normalized spacial score (nSPS) is 19.4. The lowest BCUT2D eigenvalue weighted by atomic mass is 9.72. The lowest BCUT2D eigenvalue weighted by molar-refractivity contribution is -0.153. The van der Waals surface area contributed by atoms with Gasteiger partial charge in [0.15, 0.2) is 12.4 Å². The number of benzene rings is 2. The maximum absolute atomic E-state index is 14.1. The van der Waals surface area contributed by atoms with Gasteiger partial charge in [0.05, 0.1) is 11.7 Å². The number of amides is 1. The largest absolute Gasteiger partial charge is 0.481 e. The Morgan fingerprint density at radius 1 is 0.982 bits per heavy atom. The maximum atomic E-state index is 14.1. The second-order valence-corrected chi connectivity index (χ2v) is 17.5. The summed E-state index contributed by atoms with van der Waals surface area (Å²) in [5.74, 6) is 0.870. The molecule has 3 aliphatic heterocycles. The Morgan fingerprint density at radius 3 is 2.39 bits per heavy atom. The maximum Gasteiger partial charge on any atom is 0.422 e. The molecule has 57 heavy (non-hydrogen) atoms. The van der Waals surface area contributed by atoms with Crippen molar-refractivity contribution in [2.75, 3.05) is 71.0 Å². The molecule has 8 rings (SSSR count). The number of carbonyl (C=O) groups excluding carboxylic acids is 1. The average molecular weight is 794 g/mol. The van der Waals surface area contributed by atoms with Crippen molar-refractivity contribution in [3.05, 3.63) is 35.5 Å². The minimum absolute atomic E-state index is 0.0269. The zero-order valence-electron chi connectivity index (χ0n) is 33.6. The molecule has 4 aromatic rings. The molecule has 308 valence electrons. The molecular weight excluding hydrogens is 740 g/mol. The second kappa shape index (κ2) is 15.4. The first kappa shape index (κ1) is 39.5. The molecule has 4 fully saturated rings. The number of aromatic amines is 1. The van der Waals surface area contributed by atoms with Gasteiger partial charge < -0.3 is 33.6 Å². The quantitative estimate of drug-likeness (QED) is 0.150. The highest BCUT2D eigenvalue weighted by Crippen LogP contribution is 2.53. The van der Waals surface area contributed by atoms with E-state index in [-0.39, 0.29) is 35.3 Å². The van der Waals surface area contributed by atoms with Crippen LogP contribution in [0.5, 0.6) is 11.8 Å². The third kappa shape index (κ3) is 8.60. The number of nitrogens with one attached hydrogen (secondary N) is 1. The number of aryl methyl sites for hydroxylation is 1. The number of ether oxygens (including phenoxy) is 4. The van der Waals surface area contributed by atoms with E-state index >= 15 is 0 Å². The van der Waals surface area contributed by atoms with E-state index in [4.69, 9.17) is 28.9 Å². The van der Waals surface area contributed by atoms with Crippen LogP contribution in [-0.4, -0.2) is 120 Å². The summed E-state index contributed by atoms with van der Waals surface area (Å²) in [6.45, 7) is 12.0. The van der Waals surface area contributed by atoms with Crippen molar-refractivity contribution in [3.63, 3.8) is 0 Å². The van der Waals surface area contributed by atoms with E-state index < -0.39 is 18.4 Å². The molecule has 1 amide bonds. The fourth-order valence-electron chi connectivity index (χ4n) is 8.80. The summed E-state index contributed by atoms with van der Waals surface area (Å²) in [5.41, 5.74) is 3.71. The van der Waals surface area contributed by atoms with E-state index in [2.05, 4.69) is 26.1 Å². The van der Waals surface area contributed by atoms with Crippen LogP contribution in [0.2, 0.25) is 0 Å². The van der Waals surface area contributed by atoms with Crippen LogP contribution in [0.3, 0.4) is 0 Å². The molecule has 2 aromatic carbocycles. The summed E-state index contributed by atoms with van der Waals surface area (Å²) < 4.78 is 65.8. The average Bonchev–Trinajstić information content (AvgIpc) is 3.88. The van der Waals surface area contributed by atoms with Crippen LogP contribution in [0.1, 0.15) is 82.8 Å². The number of piperidine rings is 2. The number of fused-ring (bicyclic) bond motifs is 2. The highest BCUT2D eigenvalue weighted by Gasteiger charge is 2.48. The van der Waals surface area contributed by atoms with Crippen molar-refractivity contribution in [3.8, 4) is 22.9 Å². The molecule has 15 heteroatoms. The third-order valence-corrected chi connectivity index (χ3v) is 11.9. The molecule has 0 atom stereocenters. The van der Waals surface area contributed by atoms with Gasteiger partial charge in [0.1, 0.15) is 23.0 Å². The summed E-state index contributed by atoms with van der Waals surface area (Å²) >= 11 is 0. The van der Waals surface area contributed by atoms with E-state index in [0.29, 0.717) is 55.1 Å². The van der Waals surface area contributed by atoms with Crippen molar-refractivity contribution in [1.82, 2.24) is 30.0 Å². The number of H-pyrrole nitrogens is 1. The molecule has 0 radical (unpaired) electrons. The van der Waals surface area contributed by atoms with Crippen molar-refractivity contribution in [2.45, 2.75) is 96.4 Å². The minimum Gasteiger partial charge on any atom is -0.481 e. The lowest BCUT2D eigenvalue weighted by Crippen LogP contribution is -2.62. The Kier molecular flexibility index (Phi) is 10.7. The number of likely N-dealkylation sites (tertiary alicyclic amines) is 2. The van der Waals surface area contributed by atoms with Crippen molar-refractivity contribution < 1.29 is 36.9 Å². The summed E-state index contributed by atoms with van der Waals surface area (Å²) in [6, 6.07) is 6.12. The van der Waals surface area contributed by atoms with E-state index in [1.807, 2.05) is 39.8 Å². The molecule has 1 N–H and O–H groups in total. The zero-order chi connectivity index (χ0) is 40.1. The highest BCUT2D eigenvalue weighted by molar-refractivity contribution is 6.06. The van der Waals surface area contributed by atoms with Crippen LogP contribution in [0, 0.1) is 12.3 Å². The van der Waals surface area contributed by atoms with Crippen LogP contribution in [-0.2, 0) is 9.47 Å². The predicted molar refractivity (Wildman–Crippen MR) is 211 cm³/mol. The molecular formula is C42H54F3N7O5. The van der Waals surface area contributed by atoms with Gasteiger partial charge in [-0.25, -0.2) is 4.79 Å². The van der Waals surface area contributed by atoms with Crippen LogP contribution in [0.25, 0.3) is 32.9 Å². The Bertz CT molecular complexity index is 2090. The van der Waals surface area contributed by atoms with E-state index in [1.165, 1.54) is 0 Å².